The highest BCUT2D eigenvalue weighted by molar-refractivity contribution is 6.74. The molecule has 0 unspecified atom stereocenters. The maximum Gasteiger partial charge on any atom is 0.407 e. The predicted octanol–water partition coefficient (Wildman–Crippen LogP) is 7.36. The molecule has 1 aromatic carbocycles. The monoisotopic (exact) mass is 493 g/mol. The van der Waals surface area contributed by atoms with Crippen molar-refractivity contribution in [2.45, 2.75) is 109 Å². The second-order valence-electron chi connectivity index (χ2n) is 12.8. The van der Waals surface area contributed by atoms with Crippen LogP contribution in [0, 0.1) is 5.92 Å². The molecule has 1 saturated carbocycles. The lowest BCUT2D eigenvalue weighted by Crippen LogP contribution is -2.46. The van der Waals surface area contributed by atoms with E-state index in [1.807, 2.05) is 30.3 Å². The van der Waals surface area contributed by atoms with Gasteiger partial charge in [-0.05, 0) is 54.7 Å². The van der Waals surface area contributed by atoms with E-state index in [0.717, 1.165) is 18.4 Å². The van der Waals surface area contributed by atoms with Crippen molar-refractivity contribution in [3.63, 3.8) is 0 Å². The third-order valence-electron chi connectivity index (χ3n) is 8.20. The SMILES string of the molecule is CC(C)(C)[Si](C)(C)OC[C@@H]1C[C@@H](N(Cc2ccccc2)C(=O)O)C[C@@H]1O[Si](C)(C)C(C)(C)C. The van der Waals surface area contributed by atoms with Crippen molar-refractivity contribution < 1.29 is 18.8 Å². The molecule has 0 aliphatic heterocycles. The highest BCUT2D eigenvalue weighted by Crippen LogP contribution is 2.43. The molecule has 3 atom stereocenters. The van der Waals surface area contributed by atoms with E-state index in [-0.39, 0.29) is 28.1 Å². The fourth-order valence-electron chi connectivity index (χ4n) is 3.85. The molecule has 0 radical (unpaired) electrons. The van der Waals surface area contributed by atoms with Crippen molar-refractivity contribution >= 4 is 22.7 Å². The van der Waals surface area contributed by atoms with Gasteiger partial charge in [-0.1, -0.05) is 71.9 Å². The van der Waals surface area contributed by atoms with Crippen LogP contribution in [0.2, 0.25) is 36.3 Å². The van der Waals surface area contributed by atoms with Gasteiger partial charge in [0.2, 0.25) is 0 Å². The lowest BCUT2D eigenvalue weighted by Gasteiger charge is -2.41. The minimum Gasteiger partial charge on any atom is -0.465 e. The van der Waals surface area contributed by atoms with E-state index in [4.69, 9.17) is 8.85 Å². The molecular formula is C26H47NO4Si2. The number of carbonyl (C=O) groups is 1. The highest BCUT2D eigenvalue weighted by Gasteiger charge is 2.47. The molecule has 1 N–H and O–H groups in total. The zero-order chi connectivity index (χ0) is 25.2. The van der Waals surface area contributed by atoms with E-state index in [1.165, 1.54) is 0 Å². The number of amides is 1. The van der Waals surface area contributed by atoms with E-state index >= 15 is 0 Å². The highest BCUT2D eigenvalue weighted by atomic mass is 28.4. The summed E-state index contributed by atoms with van der Waals surface area (Å²) in [6.07, 6.45) is 0.684. The quantitative estimate of drug-likeness (QED) is 0.384. The molecule has 1 amide bonds. The van der Waals surface area contributed by atoms with Gasteiger partial charge in [-0.3, -0.25) is 0 Å². The molecule has 0 aromatic heterocycles. The van der Waals surface area contributed by atoms with Gasteiger partial charge in [0.1, 0.15) is 0 Å². The van der Waals surface area contributed by atoms with E-state index in [1.54, 1.807) is 4.90 Å². The Kier molecular flexibility index (Phi) is 8.70. The summed E-state index contributed by atoms with van der Waals surface area (Å²) in [6, 6.07) is 9.80. The zero-order valence-electron chi connectivity index (χ0n) is 22.6. The Bertz CT molecular complexity index is 784. The van der Waals surface area contributed by atoms with Crippen LogP contribution in [0.15, 0.2) is 30.3 Å². The van der Waals surface area contributed by atoms with E-state index in [2.05, 4.69) is 67.7 Å². The maximum absolute atomic E-state index is 12.3. The van der Waals surface area contributed by atoms with Crippen molar-refractivity contribution in [1.82, 2.24) is 4.90 Å². The first kappa shape index (κ1) is 28.1. The van der Waals surface area contributed by atoms with Gasteiger partial charge in [0.25, 0.3) is 0 Å². The van der Waals surface area contributed by atoms with Crippen LogP contribution in [0.3, 0.4) is 0 Å². The number of nitrogens with zero attached hydrogens (tertiary/aromatic N) is 1. The summed E-state index contributed by atoms with van der Waals surface area (Å²) in [6.45, 7) is 23.7. The average molecular weight is 494 g/mol. The number of hydrogen-bond acceptors (Lipinski definition) is 3. The predicted molar refractivity (Wildman–Crippen MR) is 142 cm³/mol. The van der Waals surface area contributed by atoms with Gasteiger partial charge >= 0.3 is 6.09 Å². The molecule has 1 fully saturated rings. The van der Waals surface area contributed by atoms with Crippen LogP contribution in [0.1, 0.15) is 59.9 Å². The van der Waals surface area contributed by atoms with Gasteiger partial charge in [0.15, 0.2) is 16.6 Å². The van der Waals surface area contributed by atoms with Crippen LogP contribution in [0.25, 0.3) is 0 Å². The van der Waals surface area contributed by atoms with Crippen LogP contribution in [0.4, 0.5) is 4.79 Å². The summed E-state index contributed by atoms with van der Waals surface area (Å²) in [5, 5.41) is 10.3. The smallest absolute Gasteiger partial charge is 0.407 e. The summed E-state index contributed by atoms with van der Waals surface area (Å²) in [5.41, 5.74) is 1.02. The van der Waals surface area contributed by atoms with Gasteiger partial charge in [-0.25, -0.2) is 4.79 Å². The van der Waals surface area contributed by atoms with Crippen molar-refractivity contribution in [3.8, 4) is 0 Å². The van der Waals surface area contributed by atoms with Crippen LogP contribution < -0.4 is 0 Å². The Labute approximate surface area is 204 Å². The van der Waals surface area contributed by atoms with Gasteiger partial charge in [-0.15, -0.1) is 0 Å². The van der Waals surface area contributed by atoms with Gasteiger partial charge < -0.3 is 18.9 Å². The summed E-state index contributed by atoms with van der Waals surface area (Å²) < 4.78 is 13.5. The third-order valence-corrected chi connectivity index (χ3v) is 17.2. The Hall–Kier alpha value is -1.16. The first-order valence-electron chi connectivity index (χ1n) is 12.3. The van der Waals surface area contributed by atoms with Gasteiger partial charge in [0, 0.05) is 25.1 Å². The van der Waals surface area contributed by atoms with Crippen LogP contribution >= 0.6 is 0 Å². The fourth-order valence-corrected chi connectivity index (χ4v) is 6.32. The largest absolute Gasteiger partial charge is 0.465 e. The van der Waals surface area contributed by atoms with Crippen LogP contribution in [0.5, 0.6) is 0 Å². The Morgan fingerprint density at radius 2 is 1.52 bits per heavy atom. The standard InChI is InChI=1S/C26H47NO4Si2/c1-25(2,3)32(7,8)30-19-21-16-22(17-23(21)31-33(9,10)26(4,5)6)27(24(28)29)18-20-14-12-11-13-15-20/h11-15,21-23H,16-19H2,1-10H3,(H,28,29)/t21-,22+,23-/m0/s1. The summed E-state index contributed by atoms with van der Waals surface area (Å²) in [5.74, 6) is 0.205. The molecule has 1 aliphatic carbocycles. The molecule has 1 aromatic rings. The second kappa shape index (κ2) is 10.2. The fraction of sp³-hybridized carbons (Fsp3) is 0.731. The second-order valence-corrected chi connectivity index (χ2v) is 22.3. The Balaban J connectivity index is 2.25. The number of benzene rings is 1. The molecule has 5 nitrogen and oxygen atoms in total. The molecule has 1 aliphatic rings. The van der Waals surface area contributed by atoms with Crippen LogP contribution in [-0.4, -0.2) is 51.5 Å². The van der Waals surface area contributed by atoms with Crippen molar-refractivity contribution in [3.05, 3.63) is 35.9 Å². The Morgan fingerprint density at radius 3 is 2.00 bits per heavy atom. The molecule has 0 saturated heterocycles. The van der Waals surface area contributed by atoms with E-state index in [0.29, 0.717) is 13.2 Å². The molecule has 7 heteroatoms. The topological polar surface area (TPSA) is 59.0 Å². The first-order chi connectivity index (χ1) is 14.9. The maximum atomic E-state index is 12.3. The van der Waals surface area contributed by atoms with Crippen molar-refractivity contribution in [2.75, 3.05) is 6.61 Å². The number of hydrogen-bond donors (Lipinski definition) is 1. The van der Waals surface area contributed by atoms with Crippen molar-refractivity contribution in [1.29, 1.82) is 0 Å². The lowest BCUT2D eigenvalue weighted by atomic mass is 10.1. The lowest BCUT2D eigenvalue weighted by molar-refractivity contribution is 0.0992. The first-order valence-corrected chi connectivity index (χ1v) is 18.1. The minimum atomic E-state index is -2.00. The van der Waals surface area contributed by atoms with E-state index < -0.39 is 22.7 Å². The molecule has 0 bridgehead atoms. The summed E-state index contributed by atoms with van der Waals surface area (Å²) in [7, 11) is -3.90. The average Bonchev–Trinajstić information content (AvgIpc) is 3.05. The molecule has 188 valence electrons. The molecule has 0 spiro atoms. The normalized spacial score (nSPS) is 22.4. The molecule has 0 heterocycles. The van der Waals surface area contributed by atoms with Crippen LogP contribution in [-0.2, 0) is 15.4 Å². The number of carboxylic acid groups (broad SMARTS) is 1. The molecule has 2 rings (SSSR count). The third kappa shape index (κ3) is 7.17. The molecule has 33 heavy (non-hydrogen) atoms. The summed E-state index contributed by atoms with van der Waals surface area (Å²) >= 11 is 0. The molecular weight excluding hydrogens is 446 g/mol. The van der Waals surface area contributed by atoms with E-state index in [9.17, 15) is 9.90 Å². The van der Waals surface area contributed by atoms with Gasteiger partial charge in [-0.2, -0.15) is 0 Å². The van der Waals surface area contributed by atoms with Crippen molar-refractivity contribution in [2.24, 2.45) is 5.92 Å². The number of rotatable bonds is 8. The Morgan fingerprint density at radius 1 is 0.970 bits per heavy atom. The summed E-state index contributed by atoms with van der Waals surface area (Å²) in [4.78, 5) is 13.9. The minimum absolute atomic E-state index is 0.0262. The van der Waals surface area contributed by atoms with Gasteiger partial charge in [0.05, 0.1) is 6.10 Å². The zero-order valence-corrected chi connectivity index (χ0v) is 24.6.